The highest BCUT2D eigenvalue weighted by Crippen LogP contribution is 2.30. The number of hydrogen-bond donors (Lipinski definition) is 0. The van der Waals surface area contributed by atoms with Crippen molar-refractivity contribution in [3.05, 3.63) is 52.5 Å². The molecule has 1 aliphatic heterocycles. The minimum absolute atomic E-state index is 0.240. The number of rotatable bonds is 2. The van der Waals surface area contributed by atoms with Crippen LogP contribution in [0.5, 0.6) is 0 Å². The number of likely N-dealkylation sites (N-methyl/N-ethyl adjacent to an activating group) is 1. The van der Waals surface area contributed by atoms with Crippen LogP contribution in [0.25, 0.3) is 6.08 Å². The van der Waals surface area contributed by atoms with Gasteiger partial charge in [0.05, 0.1) is 18.3 Å². The van der Waals surface area contributed by atoms with Crippen LogP contribution in [0.3, 0.4) is 0 Å². The number of ether oxygens (including phenoxy) is 1. The molecular formula is C15H14FNO3. The van der Waals surface area contributed by atoms with Crippen LogP contribution in [0.1, 0.15) is 12.5 Å². The minimum Gasteiger partial charge on any atom is -0.465 e. The second kappa shape index (κ2) is 5.28. The van der Waals surface area contributed by atoms with Crippen molar-refractivity contribution in [3.63, 3.8) is 0 Å². The molecule has 0 fully saturated rings. The number of hydrogen-bond acceptors (Lipinski definition) is 3. The summed E-state index contributed by atoms with van der Waals surface area (Å²) < 4.78 is 17.6. The Labute approximate surface area is 116 Å². The molecule has 0 saturated carbocycles. The summed E-state index contributed by atoms with van der Waals surface area (Å²) in [5.41, 5.74) is 1.67. The molecule has 20 heavy (non-hydrogen) atoms. The monoisotopic (exact) mass is 275 g/mol. The first-order chi connectivity index (χ1) is 9.45. The molecule has 1 aromatic rings. The molecule has 1 aromatic carbocycles. The van der Waals surface area contributed by atoms with Gasteiger partial charge in [0.1, 0.15) is 5.82 Å². The number of carbonyl (C=O) groups is 2. The van der Waals surface area contributed by atoms with Crippen molar-refractivity contribution in [1.82, 2.24) is 4.90 Å². The quantitative estimate of drug-likeness (QED) is 0.613. The molecule has 2 rings (SSSR count). The molecule has 0 spiro atoms. The van der Waals surface area contributed by atoms with E-state index in [1.165, 1.54) is 36.3 Å². The molecule has 5 heteroatoms. The standard InChI is InChI=1S/C15H14FNO3/c1-9-13(15(19)20-3)12(14(18)17(9)2)8-10-4-6-11(16)7-5-10/h4-8H,1-3H3/b12-8-. The highest BCUT2D eigenvalue weighted by atomic mass is 19.1. The van der Waals surface area contributed by atoms with E-state index in [0.717, 1.165) is 0 Å². The van der Waals surface area contributed by atoms with Gasteiger partial charge < -0.3 is 9.64 Å². The molecule has 4 nitrogen and oxygen atoms in total. The van der Waals surface area contributed by atoms with Gasteiger partial charge >= 0.3 is 5.97 Å². The normalized spacial score (nSPS) is 17.1. The lowest BCUT2D eigenvalue weighted by atomic mass is 10.0. The maximum absolute atomic E-state index is 12.9. The van der Waals surface area contributed by atoms with E-state index in [-0.39, 0.29) is 22.9 Å². The molecule has 0 saturated heterocycles. The van der Waals surface area contributed by atoms with Crippen LogP contribution < -0.4 is 0 Å². The zero-order valence-electron chi connectivity index (χ0n) is 11.4. The van der Waals surface area contributed by atoms with Crippen molar-refractivity contribution in [2.75, 3.05) is 14.2 Å². The number of methoxy groups -OCH3 is 1. The molecule has 0 radical (unpaired) electrons. The van der Waals surface area contributed by atoms with Crippen LogP contribution in [0.2, 0.25) is 0 Å². The van der Waals surface area contributed by atoms with E-state index in [1.54, 1.807) is 20.0 Å². The van der Waals surface area contributed by atoms with E-state index in [1.807, 2.05) is 0 Å². The largest absolute Gasteiger partial charge is 0.465 e. The lowest BCUT2D eigenvalue weighted by molar-refractivity contribution is -0.136. The van der Waals surface area contributed by atoms with Crippen molar-refractivity contribution >= 4 is 18.0 Å². The SMILES string of the molecule is COC(=O)C1=C(C)N(C)C(=O)/C1=C\c1ccc(F)cc1. The maximum atomic E-state index is 12.9. The van der Waals surface area contributed by atoms with Gasteiger partial charge in [-0.3, -0.25) is 4.79 Å². The molecule has 1 amide bonds. The number of nitrogens with zero attached hydrogens (tertiary/aromatic N) is 1. The smallest absolute Gasteiger partial charge is 0.340 e. The number of carbonyl (C=O) groups excluding carboxylic acids is 2. The molecular weight excluding hydrogens is 261 g/mol. The summed E-state index contributed by atoms with van der Waals surface area (Å²) >= 11 is 0. The van der Waals surface area contributed by atoms with Crippen LogP contribution in [-0.2, 0) is 14.3 Å². The van der Waals surface area contributed by atoms with Gasteiger partial charge in [0.25, 0.3) is 5.91 Å². The molecule has 0 aliphatic carbocycles. The zero-order valence-corrected chi connectivity index (χ0v) is 11.4. The predicted octanol–water partition coefficient (Wildman–Crippen LogP) is 2.13. The molecule has 0 bridgehead atoms. The van der Waals surface area contributed by atoms with E-state index in [2.05, 4.69) is 0 Å². The lowest BCUT2D eigenvalue weighted by Crippen LogP contribution is -2.19. The highest BCUT2D eigenvalue weighted by Gasteiger charge is 2.34. The lowest BCUT2D eigenvalue weighted by Gasteiger charge is -2.08. The molecule has 0 N–H and O–H groups in total. The first kappa shape index (κ1) is 14.0. The third-order valence-electron chi connectivity index (χ3n) is 3.24. The van der Waals surface area contributed by atoms with Crippen molar-refractivity contribution in [3.8, 4) is 0 Å². The Morgan fingerprint density at radius 3 is 2.45 bits per heavy atom. The third kappa shape index (κ3) is 2.34. The number of benzene rings is 1. The van der Waals surface area contributed by atoms with E-state index in [0.29, 0.717) is 11.3 Å². The molecule has 0 aromatic heterocycles. The Hall–Kier alpha value is -2.43. The first-order valence-corrected chi connectivity index (χ1v) is 6.00. The summed E-state index contributed by atoms with van der Waals surface area (Å²) in [7, 11) is 2.85. The average Bonchev–Trinajstić information content (AvgIpc) is 2.65. The van der Waals surface area contributed by atoms with Crippen molar-refractivity contribution in [2.24, 2.45) is 0 Å². The molecule has 1 aliphatic rings. The second-order valence-corrected chi connectivity index (χ2v) is 4.43. The molecule has 104 valence electrons. The van der Waals surface area contributed by atoms with Crippen LogP contribution in [0.15, 0.2) is 41.1 Å². The van der Waals surface area contributed by atoms with Gasteiger partial charge in [0, 0.05) is 12.7 Å². The van der Waals surface area contributed by atoms with Crippen molar-refractivity contribution < 1.29 is 18.7 Å². The Bertz CT molecular complexity index is 629. The van der Waals surface area contributed by atoms with Crippen LogP contribution in [0, 0.1) is 5.82 Å². The summed E-state index contributed by atoms with van der Waals surface area (Å²) in [5, 5.41) is 0. The fraction of sp³-hybridized carbons (Fsp3) is 0.200. The fourth-order valence-electron chi connectivity index (χ4n) is 2.02. The molecule has 1 heterocycles. The van der Waals surface area contributed by atoms with Gasteiger partial charge in [-0.05, 0) is 30.7 Å². The number of allylic oxidation sites excluding steroid dienone is 1. The van der Waals surface area contributed by atoms with E-state index in [9.17, 15) is 14.0 Å². The predicted molar refractivity (Wildman–Crippen MR) is 71.9 cm³/mol. The third-order valence-corrected chi connectivity index (χ3v) is 3.24. The average molecular weight is 275 g/mol. The summed E-state index contributed by atoms with van der Waals surface area (Å²) in [6.07, 6.45) is 1.56. The van der Waals surface area contributed by atoms with E-state index < -0.39 is 5.97 Å². The Kier molecular flexibility index (Phi) is 3.70. The van der Waals surface area contributed by atoms with E-state index >= 15 is 0 Å². The summed E-state index contributed by atoms with van der Waals surface area (Å²) in [4.78, 5) is 25.4. The Morgan fingerprint density at radius 2 is 1.90 bits per heavy atom. The van der Waals surface area contributed by atoms with Crippen LogP contribution in [-0.4, -0.2) is 30.9 Å². The molecule has 0 atom stereocenters. The number of amides is 1. The highest BCUT2D eigenvalue weighted by molar-refractivity contribution is 6.16. The van der Waals surface area contributed by atoms with Gasteiger partial charge in [-0.1, -0.05) is 12.1 Å². The maximum Gasteiger partial charge on any atom is 0.340 e. The van der Waals surface area contributed by atoms with Crippen molar-refractivity contribution in [1.29, 1.82) is 0 Å². The Morgan fingerprint density at radius 1 is 1.30 bits per heavy atom. The molecule has 0 unspecified atom stereocenters. The minimum atomic E-state index is -0.562. The topological polar surface area (TPSA) is 46.6 Å². The van der Waals surface area contributed by atoms with Gasteiger partial charge in [-0.25, -0.2) is 9.18 Å². The first-order valence-electron chi connectivity index (χ1n) is 6.00. The van der Waals surface area contributed by atoms with Gasteiger partial charge in [-0.2, -0.15) is 0 Å². The Balaban J connectivity index is 2.50. The summed E-state index contributed by atoms with van der Waals surface area (Å²) in [5.74, 6) is -1.21. The van der Waals surface area contributed by atoms with Gasteiger partial charge in [0.15, 0.2) is 0 Å². The van der Waals surface area contributed by atoms with Crippen LogP contribution in [0.4, 0.5) is 4.39 Å². The fourth-order valence-corrected chi connectivity index (χ4v) is 2.02. The van der Waals surface area contributed by atoms with E-state index in [4.69, 9.17) is 4.74 Å². The van der Waals surface area contributed by atoms with Gasteiger partial charge in [0.2, 0.25) is 0 Å². The summed E-state index contributed by atoms with van der Waals surface area (Å²) in [6.45, 7) is 1.68. The van der Waals surface area contributed by atoms with Gasteiger partial charge in [-0.15, -0.1) is 0 Å². The zero-order chi connectivity index (χ0) is 14.9. The number of halogens is 1. The van der Waals surface area contributed by atoms with Crippen molar-refractivity contribution in [2.45, 2.75) is 6.92 Å². The second-order valence-electron chi connectivity index (χ2n) is 4.43. The number of esters is 1. The summed E-state index contributed by atoms with van der Waals surface area (Å²) in [6, 6.07) is 5.67. The van der Waals surface area contributed by atoms with Crippen LogP contribution >= 0.6 is 0 Å².